The summed E-state index contributed by atoms with van der Waals surface area (Å²) in [5.74, 6) is -0.706. The topological polar surface area (TPSA) is 49.3 Å². The van der Waals surface area contributed by atoms with Crippen LogP contribution in [0.5, 0.6) is 0 Å². The number of benzene rings is 1. The number of carbonyl (C=O) groups is 1. The number of rotatable bonds is 8. The Balaban J connectivity index is 1.76. The Morgan fingerprint density at radius 2 is 2.00 bits per heavy atom. The van der Waals surface area contributed by atoms with E-state index in [-0.39, 0.29) is 6.04 Å². The van der Waals surface area contributed by atoms with Gasteiger partial charge in [-0.1, -0.05) is 44.5 Å². The van der Waals surface area contributed by atoms with Crippen LogP contribution in [0.1, 0.15) is 48.8 Å². The number of hydrogen-bond donors (Lipinski definition) is 2. The van der Waals surface area contributed by atoms with Crippen molar-refractivity contribution in [2.24, 2.45) is 0 Å². The molecule has 0 aliphatic heterocycles. The van der Waals surface area contributed by atoms with E-state index in [0.717, 1.165) is 18.5 Å². The summed E-state index contributed by atoms with van der Waals surface area (Å²) in [6.07, 6.45) is 6.43. The van der Waals surface area contributed by atoms with Crippen molar-refractivity contribution in [2.45, 2.75) is 64.1 Å². The zero-order valence-electron chi connectivity index (χ0n) is 13.0. The fraction of sp³-hybridized carbons (Fsp3) is 0.588. The van der Waals surface area contributed by atoms with Crippen molar-refractivity contribution in [1.29, 1.82) is 0 Å². The molecule has 1 fully saturated rings. The Bertz CT molecular complexity index is 465. The molecule has 0 saturated heterocycles. The first-order valence-electron chi connectivity index (χ1n) is 7.85. The second-order valence-corrected chi connectivity index (χ2v) is 7.59. The van der Waals surface area contributed by atoms with E-state index >= 15 is 0 Å². The summed E-state index contributed by atoms with van der Waals surface area (Å²) >= 11 is 0. The number of aliphatic carboxylic acids is 1. The smallest absolute Gasteiger partial charge is 0.320 e. The minimum absolute atomic E-state index is 0.380. The van der Waals surface area contributed by atoms with Crippen molar-refractivity contribution in [2.75, 3.05) is 0 Å². The Hall–Kier alpha value is -0.920. The Morgan fingerprint density at radius 3 is 2.52 bits per heavy atom. The summed E-state index contributed by atoms with van der Waals surface area (Å²) < 4.78 is 0. The van der Waals surface area contributed by atoms with E-state index in [2.05, 4.69) is 37.1 Å². The Kier molecular flexibility index (Phi) is 6.20. The standard InChI is InChI=1S/C17H26NO2P/c1-12-9-13(2)11-14(10-12)5-3-8-16(17(19)20)18-21-15-6-4-7-15/h9-11,15-16,18,21H,3-8H2,1-2H3,(H,19,20)/t16-/m0/s1. The van der Waals surface area contributed by atoms with Crippen molar-refractivity contribution >= 4 is 14.7 Å². The quantitative estimate of drug-likeness (QED) is 0.718. The predicted octanol–water partition coefficient (Wildman–Crippen LogP) is 3.81. The van der Waals surface area contributed by atoms with Gasteiger partial charge in [-0.15, -0.1) is 0 Å². The maximum Gasteiger partial charge on any atom is 0.320 e. The lowest BCUT2D eigenvalue weighted by molar-refractivity contribution is -0.139. The normalized spacial score (nSPS) is 17.0. The van der Waals surface area contributed by atoms with Crippen molar-refractivity contribution in [1.82, 2.24) is 5.09 Å². The van der Waals surface area contributed by atoms with Crippen molar-refractivity contribution in [3.05, 3.63) is 34.9 Å². The van der Waals surface area contributed by atoms with Gasteiger partial charge in [0.2, 0.25) is 0 Å². The summed E-state index contributed by atoms with van der Waals surface area (Å²) in [6, 6.07) is 6.19. The first kappa shape index (κ1) is 16.5. The number of nitrogens with one attached hydrogen (secondary N) is 1. The molecule has 1 unspecified atom stereocenters. The van der Waals surface area contributed by atoms with Crippen molar-refractivity contribution in [3.8, 4) is 0 Å². The van der Waals surface area contributed by atoms with E-state index in [4.69, 9.17) is 0 Å². The highest BCUT2D eigenvalue weighted by molar-refractivity contribution is 7.36. The van der Waals surface area contributed by atoms with Gasteiger partial charge < -0.3 is 5.11 Å². The van der Waals surface area contributed by atoms with Gasteiger partial charge in [-0.05, 0) is 57.2 Å². The largest absolute Gasteiger partial charge is 0.480 e. The van der Waals surface area contributed by atoms with E-state index in [1.807, 2.05) is 0 Å². The van der Waals surface area contributed by atoms with Crippen LogP contribution in [0.15, 0.2) is 18.2 Å². The van der Waals surface area contributed by atoms with Crippen LogP contribution in [-0.2, 0) is 11.2 Å². The molecule has 2 N–H and O–H groups in total. The first-order chi connectivity index (χ1) is 10.0. The molecule has 4 heteroatoms. The van der Waals surface area contributed by atoms with E-state index in [0.29, 0.717) is 15.2 Å². The lowest BCUT2D eigenvalue weighted by atomic mass is 10.00. The molecule has 116 valence electrons. The molecule has 2 atom stereocenters. The Labute approximate surface area is 129 Å². The summed E-state index contributed by atoms with van der Waals surface area (Å²) in [4.78, 5) is 11.3. The average molecular weight is 307 g/mol. The third-order valence-corrected chi connectivity index (χ3v) is 5.61. The van der Waals surface area contributed by atoms with Gasteiger partial charge >= 0.3 is 5.97 Å². The highest BCUT2D eigenvalue weighted by Crippen LogP contribution is 2.34. The zero-order valence-corrected chi connectivity index (χ0v) is 14.0. The molecule has 0 radical (unpaired) electrons. The van der Waals surface area contributed by atoms with E-state index < -0.39 is 5.97 Å². The SMILES string of the molecule is Cc1cc(C)cc(CCC[C@H](NPC2CCC2)C(=O)O)c1. The van der Waals surface area contributed by atoms with Crippen LogP contribution in [0, 0.1) is 13.8 Å². The molecule has 1 saturated carbocycles. The zero-order chi connectivity index (χ0) is 15.2. The molecule has 1 aromatic rings. The third kappa shape index (κ3) is 5.41. The van der Waals surface area contributed by atoms with Gasteiger partial charge in [0.15, 0.2) is 0 Å². The Morgan fingerprint density at radius 1 is 1.33 bits per heavy atom. The molecule has 1 aliphatic carbocycles. The third-order valence-electron chi connectivity index (χ3n) is 4.10. The summed E-state index contributed by atoms with van der Waals surface area (Å²) in [6.45, 7) is 4.22. The highest BCUT2D eigenvalue weighted by Gasteiger charge is 2.21. The predicted molar refractivity (Wildman–Crippen MR) is 89.4 cm³/mol. The second kappa shape index (κ2) is 7.91. The van der Waals surface area contributed by atoms with Crippen LogP contribution in [-0.4, -0.2) is 22.8 Å². The minimum atomic E-state index is -0.706. The molecule has 0 spiro atoms. The molecule has 1 aromatic carbocycles. The van der Waals surface area contributed by atoms with Gasteiger partial charge in [-0.3, -0.25) is 9.88 Å². The maximum absolute atomic E-state index is 11.3. The van der Waals surface area contributed by atoms with Gasteiger partial charge in [-0.25, -0.2) is 0 Å². The van der Waals surface area contributed by atoms with Gasteiger partial charge in [0.05, 0.1) is 0 Å². The highest BCUT2D eigenvalue weighted by atomic mass is 31.1. The van der Waals surface area contributed by atoms with Crippen LogP contribution >= 0.6 is 8.73 Å². The van der Waals surface area contributed by atoms with Crippen LogP contribution in [0.3, 0.4) is 0 Å². The lowest BCUT2D eigenvalue weighted by Crippen LogP contribution is -2.33. The van der Waals surface area contributed by atoms with Gasteiger partial charge in [-0.2, -0.15) is 0 Å². The molecular weight excluding hydrogens is 281 g/mol. The molecule has 21 heavy (non-hydrogen) atoms. The van der Waals surface area contributed by atoms with Crippen LogP contribution in [0.4, 0.5) is 0 Å². The van der Waals surface area contributed by atoms with Gasteiger partial charge in [0.25, 0.3) is 0 Å². The van der Waals surface area contributed by atoms with E-state index in [1.54, 1.807) is 0 Å². The number of aryl methyl sites for hydroxylation is 3. The van der Waals surface area contributed by atoms with Crippen LogP contribution in [0.25, 0.3) is 0 Å². The first-order valence-corrected chi connectivity index (χ1v) is 8.93. The monoisotopic (exact) mass is 307 g/mol. The molecule has 0 aromatic heterocycles. The average Bonchev–Trinajstić information content (AvgIpc) is 2.33. The lowest BCUT2D eigenvalue weighted by Gasteiger charge is -2.27. The summed E-state index contributed by atoms with van der Waals surface area (Å²) in [7, 11) is 0.609. The van der Waals surface area contributed by atoms with E-state index in [1.165, 1.54) is 36.0 Å². The van der Waals surface area contributed by atoms with Crippen molar-refractivity contribution < 1.29 is 9.90 Å². The summed E-state index contributed by atoms with van der Waals surface area (Å²) in [5, 5.41) is 12.6. The van der Waals surface area contributed by atoms with Crippen LogP contribution < -0.4 is 5.09 Å². The molecular formula is C17H26NO2P. The van der Waals surface area contributed by atoms with Gasteiger partial charge in [0.1, 0.15) is 6.04 Å². The maximum atomic E-state index is 11.3. The molecule has 1 aliphatic rings. The van der Waals surface area contributed by atoms with Crippen LogP contribution in [0.2, 0.25) is 0 Å². The summed E-state index contributed by atoms with van der Waals surface area (Å²) in [5.41, 5.74) is 4.61. The molecule has 3 nitrogen and oxygen atoms in total. The number of hydrogen-bond acceptors (Lipinski definition) is 2. The van der Waals surface area contributed by atoms with E-state index in [9.17, 15) is 9.90 Å². The molecule has 2 rings (SSSR count). The molecule has 0 amide bonds. The van der Waals surface area contributed by atoms with Gasteiger partial charge in [0, 0.05) is 0 Å². The van der Waals surface area contributed by atoms with Crippen molar-refractivity contribution in [3.63, 3.8) is 0 Å². The fourth-order valence-electron chi connectivity index (χ4n) is 2.75. The molecule has 0 bridgehead atoms. The number of carboxylic acid groups (broad SMARTS) is 1. The fourth-order valence-corrected chi connectivity index (χ4v) is 4.15. The number of carboxylic acids is 1. The second-order valence-electron chi connectivity index (χ2n) is 6.20. The minimum Gasteiger partial charge on any atom is -0.480 e. The molecule has 0 heterocycles.